The number of carbonyl (C=O) groups excluding carboxylic acids is 1. The highest BCUT2D eigenvalue weighted by molar-refractivity contribution is 6.16. The maximum Gasteiger partial charge on any atom is 0.338 e. The van der Waals surface area contributed by atoms with Gasteiger partial charge in [0.05, 0.1) is 12.2 Å². The van der Waals surface area contributed by atoms with Gasteiger partial charge in [0, 0.05) is 5.22 Å². The molecule has 0 heterocycles. The van der Waals surface area contributed by atoms with Crippen LogP contribution in [0.4, 0.5) is 0 Å². The van der Waals surface area contributed by atoms with Gasteiger partial charge in [-0.25, -0.2) is 4.79 Å². The summed E-state index contributed by atoms with van der Waals surface area (Å²) in [4.78, 5) is 12.4. The van der Waals surface area contributed by atoms with Gasteiger partial charge in [-0.1, -0.05) is 54.6 Å². The minimum Gasteiger partial charge on any atom is -0.462 e. The van der Waals surface area contributed by atoms with Crippen molar-refractivity contribution in [3.05, 3.63) is 87.3 Å². The number of hydrogen-bond donors (Lipinski definition) is 0. The monoisotopic (exact) mass is 338 g/mol. The van der Waals surface area contributed by atoms with Gasteiger partial charge in [-0.3, -0.25) is 0 Å². The molecule has 3 aromatic rings. The van der Waals surface area contributed by atoms with E-state index in [1.54, 1.807) is 0 Å². The molecule has 0 atom stereocenters. The van der Waals surface area contributed by atoms with Crippen molar-refractivity contribution in [2.24, 2.45) is 0 Å². The van der Waals surface area contributed by atoms with Crippen molar-refractivity contribution in [2.75, 3.05) is 6.61 Å². The molecule has 0 fully saturated rings. The van der Waals surface area contributed by atoms with Crippen LogP contribution >= 0.6 is 0 Å². The van der Waals surface area contributed by atoms with Gasteiger partial charge in [-0.15, -0.1) is 0 Å². The van der Waals surface area contributed by atoms with Crippen molar-refractivity contribution in [1.29, 1.82) is 0 Å². The van der Waals surface area contributed by atoms with Gasteiger partial charge in [0.15, 0.2) is 0 Å². The number of esters is 1. The molecule has 2 aliphatic carbocycles. The molecular weight excluding hydrogens is 320 g/mol. The van der Waals surface area contributed by atoms with Crippen LogP contribution in [0.3, 0.4) is 0 Å². The largest absolute Gasteiger partial charge is 0.462 e. The Hall–Kier alpha value is -3.13. The number of carbonyl (C=O) groups is 1. The number of ether oxygens (including phenoxy) is 1. The average molecular weight is 338 g/mol. The lowest BCUT2D eigenvalue weighted by Gasteiger charge is -2.17. The molecule has 0 saturated heterocycles. The highest BCUT2D eigenvalue weighted by Gasteiger charge is 2.19. The fourth-order valence-electron chi connectivity index (χ4n) is 4.10. The van der Waals surface area contributed by atoms with Crippen LogP contribution in [0.2, 0.25) is 0 Å². The van der Waals surface area contributed by atoms with E-state index >= 15 is 0 Å². The summed E-state index contributed by atoms with van der Waals surface area (Å²) < 4.78 is 5.26. The van der Waals surface area contributed by atoms with E-state index < -0.39 is 0 Å². The zero-order valence-electron chi connectivity index (χ0n) is 14.6. The molecule has 5 rings (SSSR count). The molecule has 0 spiro atoms. The third-order valence-corrected chi connectivity index (χ3v) is 5.31. The smallest absolute Gasteiger partial charge is 0.338 e. The highest BCUT2D eigenvalue weighted by atomic mass is 16.5. The quantitative estimate of drug-likeness (QED) is 0.524. The maximum absolute atomic E-state index is 12.4. The van der Waals surface area contributed by atoms with E-state index in [1.807, 2.05) is 19.1 Å². The second kappa shape index (κ2) is 5.70. The normalized spacial score (nSPS) is 13.8. The second-order valence-electron chi connectivity index (χ2n) is 6.75. The van der Waals surface area contributed by atoms with Gasteiger partial charge in [0.1, 0.15) is 0 Å². The summed E-state index contributed by atoms with van der Waals surface area (Å²) in [5.41, 5.74) is 5.61. The van der Waals surface area contributed by atoms with Crippen molar-refractivity contribution in [1.82, 2.24) is 0 Å². The van der Waals surface area contributed by atoms with Gasteiger partial charge < -0.3 is 4.74 Å². The van der Waals surface area contributed by atoms with Crippen LogP contribution in [0.25, 0.3) is 28.5 Å². The molecule has 0 radical (unpaired) electrons. The van der Waals surface area contributed by atoms with Crippen molar-refractivity contribution in [3.8, 4) is 0 Å². The molecule has 2 heteroatoms. The zero-order valence-corrected chi connectivity index (χ0v) is 14.6. The predicted molar refractivity (Wildman–Crippen MR) is 105 cm³/mol. The van der Waals surface area contributed by atoms with E-state index in [9.17, 15) is 4.79 Å². The van der Waals surface area contributed by atoms with Crippen molar-refractivity contribution >= 4 is 34.5 Å². The van der Waals surface area contributed by atoms with Crippen LogP contribution < -0.4 is 10.4 Å². The van der Waals surface area contributed by atoms with Gasteiger partial charge >= 0.3 is 5.97 Å². The van der Waals surface area contributed by atoms with Crippen LogP contribution in [0, 0.1) is 0 Å². The lowest BCUT2D eigenvalue weighted by molar-refractivity contribution is -0.136. The van der Waals surface area contributed by atoms with Crippen LogP contribution in [-0.4, -0.2) is 12.6 Å². The minimum atomic E-state index is -0.242. The highest BCUT2D eigenvalue weighted by Crippen LogP contribution is 2.27. The molecule has 0 N–H and O–H groups in total. The van der Waals surface area contributed by atoms with Crippen LogP contribution in [-0.2, 0) is 16.0 Å². The second-order valence-corrected chi connectivity index (χ2v) is 6.75. The van der Waals surface area contributed by atoms with Crippen LogP contribution in [0.5, 0.6) is 0 Å². The molecule has 126 valence electrons. The molecule has 0 unspecified atom stereocenters. The number of rotatable bonds is 2. The zero-order chi connectivity index (χ0) is 17.7. The Morgan fingerprint density at radius 1 is 1.00 bits per heavy atom. The Morgan fingerprint density at radius 3 is 2.73 bits per heavy atom. The number of fused-ring (bicyclic) bond motifs is 6. The molecule has 0 aromatic heterocycles. The Labute approximate surface area is 151 Å². The minimum absolute atomic E-state index is 0.242. The summed E-state index contributed by atoms with van der Waals surface area (Å²) in [6.07, 6.45) is 7.00. The molecule has 0 amide bonds. The molecule has 2 aliphatic rings. The van der Waals surface area contributed by atoms with Crippen molar-refractivity contribution < 1.29 is 9.53 Å². The summed E-state index contributed by atoms with van der Waals surface area (Å²) in [5, 5.41) is 4.74. The third kappa shape index (κ3) is 2.15. The average Bonchev–Trinajstić information content (AvgIpc) is 3.11. The number of benzene rings is 3. The summed E-state index contributed by atoms with van der Waals surface area (Å²) in [6.45, 7) is 2.23. The van der Waals surface area contributed by atoms with E-state index in [2.05, 4.69) is 54.6 Å². The van der Waals surface area contributed by atoms with E-state index in [1.165, 1.54) is 27.5 Å². The lowest BCUT2D eigenvalue weighted by Crippen LogP contribution is -2.35. The van der Waals surface area contributed by atoms with Gasteiger partial charge in [-0.2, -0.15) is 0 Å². The van der Waals surface area contributed by atoms with Gasteiger partial charge in [0.2, 0.25) is 0 Å². The van der Waals surface area contributed by atoms with Crippen molar-refractivity contribution in [2.45, 2.75) is 13.3 Å². The lowest BCUT2D eigenvalue weighted by atomic mass is 9.87. The molecule has 0 aliphatic heterocycles. The first-order chi connectivity index (χ1) is 12.8. The molecule has 3 aromatic carbocycles. The molecule has 2 nitrogen and oxygen atoms in total. The van der Waals surface area contributed by atoms with E-state index in [0.29, 0.717) is 12.2 Å². The predicted octanol–water partition coefficient (Wildman–Crippen LogP) is 3.31. The molecule has 26 heavy (non-hydrogen) atoms. The topological polar surface area (TPSA) is 26.3 Å². The summed E-state index contributed by atoms with van der Waals surface area (Å²) in [6, 6.07) is 17.2. The van der Waals surface area contributed by atoms with E-state index in [0.717, 1.165) is 22.4 Å². The fraction of sp³-hybridized carbons (Fsp3) is 0.125. The Morgan fingerprint density at radius 2 is 1.85 bits per heavy atom. The van der Waals surface area contributed by atoms with Gasteiger partial charge in [-0.05, 0) is 63.7 Å². The first-order valence-corrected chi connectivity index (χ1v) is 9.00. The summed E-state index contributed by atoms with van der Waals surface area (Å²) in [7, 11) is 0. The number of hydrogen-bond acceptors (Lipinski definition) is 2. The van der Waals surface area contributed by atoms with E-state index in [-0.39, 0.29) is 5.97 Å². The van der Waals surface area contributed by atoms with Crippen LogP contribution in [0.15, 0.2) is 54.6 Å². The van der Waals surface area contributed by atoms with E-state index in [4.69, 9.17) is 4.74 Å². The fourth-order valence-corrected chi connectivity index (χ4v) is 4.10. The van der Waals surface area contributed by atoms with Gasteiger partial charge in [0.25, 0.3) is 0 Å². The Balaban J connectivity index is 1.82. The molecule has 0 saturated carbocycles. The Bertz CT molecular complexity index is 1230. The SMILES string of the molecule is CCOC(=O)C1=c2c(ccc3c2=Cc2ccc4ccccc4c2C3)C=C1. The first kappa shape index (κ1) is 15.2. The van der Waals surface area contributed by atoms with Crippen molar-refractivity contribution in [3.63, 3.8) is 0 Å². The van der Waals surface area contributed by atoms with Crippen LogP contribution in [0.1, 0.15) is 29.2 Å². The summed E-state index contributed by atoms with van der Waals surface area (Å²) >= 11 is 0. The summed E-state index contributed by atoms with van der Waals surface area (Å²) in [5.74, 6) is -0.242. The Kier molecular flexibility index (Phi) is 3.32. The maximum atomic E-state index is 12.4. The standard InChI is InChI=1S/C24H18O2/c1-2-26-24(25)20-12-11-16-8-10-18-13-21-17(14-22(18)23(16)20)9-7-15-5-3-4-6-19(15)21/h3-12,14H,2,13H2,1H3. The third-order valence-electron chi connectivity index (χ3n) is 5.31. The first-order valence-electron chi connectivity index (χ1n) is 9.00. The molecule has 0 bridgehead atoms. The molecular formula is C24H18O2.